The summed E-state index contributed by atoms with van der Waals surface area (Å²) >= 11 is 0. The average molecular weight is 270 g/mol. The number of nitrogens with one attached hydrogen (secondary N) is 1. The van der Waals surface area contributed by atoms with E-state index in [0.717, 1.165) is 6.42 Å². The minimum absolute atomic E-state index is 0.0547. The molecule has 0 radical (unpaired) electrons. The minimum Gasteiger partial charge on any atom is -0.476 e. The van der Waals surface area contributed by atoms with Crippen molar-refractivity contribution in [2.24, 2.45) is 0 Å². The number of nitro groups is 1. The van der Waals surface area contributed by atoms with Crippen LogP contribution in [0.1, 0.15) is 20.3 Å². The third-order valence-electron chi connectivity index (χ3n) is 2.23. The number of nitrogens with zero attached hydrogens (tertiary/aromatic N) is 3. The van der Waals surface area contributed by atoms with Gasteiger partial charge in [-0.2, -0.15) is 4.98 Å². The van der Waals surface area contributed by atoms with E-state index >= 15 is 0 Å². The Labute approximate surface area is 111 Å². The zero-order chi connectivity index (χ0) is 14.3. The van der Waals surface area contributed by atoms with Crippen molar-refractivity contribution in [1.29, 1.82) is 0 Å². The topological polar surface area (TPSA) is 99.4 Å². The predicted octanol–water partition coefficient (Wildman–Crippen LogP) is 1.62. The van der Waals surface area contributed by atoms with Crippen molar-refractivity contribution in [3.8, 4) is 5.88 Å². The van der Waals surface area contributed by atoms with Crippen LogP contribution in [0.15, 0.2) is 6.33 Å². The molecule has 1 rings (SSSR count). The molecule has 1 N–H and O–H groups in total. The van der Waals surface area contributed by atoms with E-state index in [0.29, 0.717) is 13.2 Å². The largest absolute Gasteiger partial charge is 0.476 e. The van der Waals surface area contributed by atoms with Gasteiger partial charge in [0.1, 0.15) is 6.33 Å². The van der Waals surface area contributed by atoms with Crippen LogP contribution in [-0.4, -0.2) is 41.3 Å². The second-order valence-electron chi connectivity index (χ2n) is 4.04. The summed E-state index contributed by atoms with van der Waals surface area (Å²) in [6.07, 6.45) is 2.12. The molecule has 8 heteroatoms. The Hall–Kier alpha value is -1.96. The Morgan fingerprint density at radius 3 is 2.79 bits per heavy atom. The quantitative estimate of drug-likeness (QED) is 0.435. The summed E-state index contributed by atoms with van der Waals surface area (Å²) in [7, 11) is 1.33. The second-order valence-corrected chi connectivity index (χ2v) is 4.04. The van der Waals surface area contributed by atoms with Crippen LogP contribution < -0.4 is 10.1 Å². The summed E-state index contributed by atoms with van der Waals surface area (Å²) < 4.78 is 10.2. The highest BCUT2D eigenvalue weighted by atomic mass is 16.6. The third kappa shape index (κ3) is 4.66. The second kappa shape index (κ2) is 7.47. The molecule has 0 unspecified atom stereocenters. The lowest BCUT2D eigenvalue weighted by atomic mass is 10.4. The molecule has 0 aromatic carbocycles. The fourth-order valence-electron chi connectivity index (χ4n) is 1.40. The van der Waals surface area contributed by atoms with Crippen molar-refractivity contribution in [3.05, 3.63) is 16.4 Å². The van der Waals surface area contributed by atoms with Gasteiger partial charge in [0.25, 0.3) is 5.88 Å². The number of methoxy groups -OCH3 is 1. The van der Waals surface area contributed by atoms with Gasteiger partial charge in [-0.1, -0.05) is 0 Å². The molecule has 0 aliphatic heterocycles. The Bertz CT molecular complexity index is 425. The van der Waals surface area contributed by atoms with Gasteiger partial charge in [-0.05, 0) is 20.3 Å². The fraction of sp³-hybridized carbons (Fsp3) is 0.636. The molecule has 0 amide bonds. The highest BCUT2D eigenvalue weighted by Crippen LogP contribution is 2.30. The molecule has 19 heavy (non-hydrogen) atoms. The van der Waals surface area contributed by atoms with Gasteiger partial charge >= 0.3 is 5.69 Å². The van der Waals surface area contributed by atoms with Crippen LogP contribution in [0, 0.1) is 10.1 Å². The zero-order valence-electron chi connectivity index (χ0n) is 11.3. The maximum Gasteiger partial charge on any atom is 0.372 e. The monoisotopic (exact) mass is 270 g/mol. The Kier molecular flexibility index (Phi) is 5.94. The van der Waals surface area contributed by atoms with Crippen LogP contribution in [0.4, 0.5) is 11.5 Å². The number of anilines is 1. The maximum atomic E-state index is 11.0. The van der Waals surface area contributed by atoms with Gasteiger partial charge in [0.15, 0.2) is 0 Å². The molecule has 0 aliphatic carbocycles. The first-order chi connectivity index (χ1) is 9.06. The molecule has 0 spiro atoms. The lowest BCUT2D eigenvalue weighted by Crippen LogP contribution is -2.11. The van der Waals surface area contributed by atoms with E-state index in [1.165, 1.54) is 13.4 Å². The molecule has 0 saturated carbocycles. The van der Waals surface area contributed by atoms with Gasteiger partial charge in [-0.3, -0.25) is 10.1 Å². The molecule has 0 bridgehead atoms. The lowest BCUT2D eigenvalue weighted by molar-refractivity contribution is -0.385. The normalized spacial score (nSPS) is 10.5. The van der Waals surface area contributed by atoms with Gasteiger partial charge in [0.2, 0.25) is 5.82 Å². The van der Waals surface area contributed by atoms with Gasteiger partial charge in [0, 0.05) is 13.2 Å². The van der Waals surface area contributed by atoms with Crippen LogP contribution in [0.3, 0.4) is 0 Å². The van der Waals surface area contributed by atoms with Crippen molar-refractivity contribution >= 4 is 11.5 Å². The predicted molar refractivity (Wildman–Crippen MR) is 69.4 cm³/mol. The van der Waals surface area contributed by atoms with E-state index in [1.807, 2.05) is 13.8 Å². The standard InChI is InChI=1S/C11H18N4O4/c1-8(2)19-6-4-5-12-10-9(15(16)17)11(18-3)14-7-13-10/h7-8H,4-6H2,1-3H3,(H,12,13,14). The van der Waals surface area contributed by atoms with Crippen molar-refractivity contribution in [3.63, 3.8) is 0 Å². The fourth-order valence-corrected chi connectivity index (χ4v) is 1.40. The highest BCUT2D eigenvalue weighted by Gasteiger charge is 2.23. The van der Waals surface area contributed by atoms with E-state index < -0.39 is 4.92 Å². The minimum atomic E-state index is -0.564. The van der Waals surface area contributed by atoms with Crippen LogP contribution >= 0.6 is 0 Å². The smallest absolute Gasteiger partial charge is 0.372 e. The van der Waals surface area contributed by atoms with Crippen molar-refractivity contribution in [2.45, 2.75) is 26.4 Å². The molecular formula is C11H18N4O4. The van der Waals surface area contributed by atoms with Crippen LogP contribution in [-0.2, 0) is 4.74 Å². The first kappa shape index (κ1) is 15.1. The molecule has 106 valence electrons. The van der Waals surface area contributed by atoms with Gasteiger partial charge in [-0.15, -0.1) is 0 Å². The Morgan fingerprint density at radius 1 is 1.47 bits per heavy atom. The number of hydrogen-bond acceptors (Lipinski definition) is 7. The first-order valence-corrected chi connectivity index (χ1v) is 5.95. The molecule has 0 fully saturated rings. The van der Waals surface area contributed by atoms with Crippen LogP contribution in [0.5, 0.6) is 5.88 Å². The lowest BCUT2D eigenvalue weighted by Gasteiger charge is -2.09. The molecule has 1 aromatic heterocycles. The van der Waals surface area contributed by atoms with Crippen molar-refractivity contribution in [2.75, 3.05) is 25.6 Å². The van der Waals surface area contributed by atoms with Crippen molar-refractivity contribution in [1.82, 2.24) is 9.97 Å². The summed E-state index contributed by atoms with van der Waals surface area (Å²) in [6, 6.07) is 0. The highest BCUT2D eigenvalue weighted by molar-refractivity contribution is 5.60. The Morgan fingerprint density at radius 2 is 2.21 bits per heavy atom. The Balaban J connectivity index is 2.60. The third-order valence-corrected chi connectivity index (χ3v) is 2.23. The number of hydrogen-bond donors (Lipinski definition) is 1. The molecular weight excluding hydrogens is 252 g/mol. The number of rotatable bonds is 8. The van der Waals surface area contributed by atoms with Gasteiger partial charge in [0.05, 0.1) is 18.1 Å². The van der Waals surface area contributed by atoms with E-state index in [2.05, 4.69) is 15.3 Å². The summed E-state index contributed by atoms with van der Waals surface area (Å²) in [6.45, 7) is 5.01. The molecule has 1 heterocycles. The number of ether oxygens (including phenoxy) is 2. The number of aromatic nitrogens is 2. The van der Waals surface area contributed by atoms with E-state index in [9.17, 15) is 10.1 Å². The summed E-state index contributed by atoms with van der Waals surface area (Å²) in [4.78, 5) is 18.0. The molecule has 0 atom stereocenters. The molecule has 8 nitrogen and oxygen atoms in total. The van der Waals surface area contributed by atoms with E-state index in [4.69, 9.17) is 9.47 Å². The summed E-state index contributed by atoms with van der Waals surface area (Å²) in [5.74, 6) is 0.0994. The van der Waals surface area contributed by atoms with Crippen molar-refractivity contribution < 1.29 is 14.4 Å². The zero-order valence-corrected chi connectivity index (χ0v) is 11.3. The molecule has 0 aliphatic rings. The summed E-state index contributed by atoms with van der Waals surface area (Å²) in [5, 5.41) is 13.9. The van der Waals surface area contributed by atoms with Crippen LogP contribution in [0.2, 0.25) is 0 Å². The van der Waals surface area contributed by atoms with Gasteiger partial charge in [-0.25, -0.2) is 4.98 Å². The van der Waals surface area contributed by atoms with E-state index in [1.54, 1.807) is 0 Å². The summed E-state index contributed by atoms with van der Waals surface area (Å²) in [5.41, 5.74) is -0.255. The average Bonchev–Trinajstić information content (AvgIpc) is 2.37. The van der Waals surface area contributed by atoms with Gasteiger partial charge < -0.3 is 14.8 Å². The molecule has 1 aromatic rings. The SMILES string of the molecule is COc1ncnc(NCCCOC(C)C)c1[N+](=O)[O-]. The van der Waals surface area contributed by atoms with E-state index in [-0.39, 0.29) is 23.5 Å². The maximum absolute atomic E-state index is 11.0. The first-order valence-electron chi connectivity index (χ1n) is 5.95. The van der Waals surface area contributed by atoms with Crippen LogP contribution in [0.25, 0.3) is 0 Å². The molecule has 0 saturated heterocycles.